The van der Waals surface area contributed by atoms with Crippen molar-refractivity contribution in [2.45, 2.75) is 4.90 Å². The lowest BCUT2D eigenvalue weighted by Crippen LogP contribution is -2.27. The smallest absolute Gasteiger partial charge is 0.296 e. The van der Waals surface area contributed by atoms with Crippen LogP contribution < -0.4 is 16.6 Å². The number of rotatable bonds is 7. The van der Waals surface area contributed by atoms with Crippen LogP contribution in [0.15, 0.2) is 94.5 Å². The molecule has 0 saturated heterocycles. The number of carbonyl (C=O) groups excluding carboxylic acids is 2. The number of halogens is 2. The van der Waals surface area contributed by atoms with Crippen LogP contribution in [0.25, 0.3) is 22.9 Å². The van der Waals surface area contributed by atoms with E-state index >= 15 is 0 Å². The van der Waals surface area contributed by atoms with Crippen molar-refractivity contribution in [3.05, 3.63) is 102 Å². The Labute approximate surface area is 305 Å². The highest BCUT2D eigenvalue weighted by atomic mass is 79.9. The molecule has 4 aromatic carbocycles. The van der Waals surface area contributed by atoms with Gasteiger partial charge in [-0.15, -0.1) is 0 Å². The number of nitrogens with two attached hydrogens (primary N) is 1. The van der Waals surface area contributed by atoms with Gasteiger partial charge in [0.2, 0.25) is 11.6 Å². The molecule has 0 aliphatic heterocycles. The van der Waals surface area contributed by atoms with E-state index in [0.717, 1.165) is 24.3 Å². The van der Waals surface area contributed by atoms with E-state index in [2.05, 4.69) is 52.9 Å². The van der Waals surface area contributed by atoms with Crippen LogP contribution in [0.2, 0.25) is 0 Å². The van der Waals surface area contributed by atoms with Gasteiger partial charge in [0.15, 0.2) is 11.4 Å². The molecule has 16 nitrogen and oxygen atoms in total. The van der Waals surface area contributed by atoms with E-state index in [-0.39, 0.29) is 49.2 Å². The summed E-state index contributed by atoms with van der Waals surface area (Å²) in [5.41, 5.74) is 9.74. The number of hydrogen-bond donors (Lipinski definition) is 6. The number of fused-ring (bicyclic) bond motifs is 3. The molecule has 2 aliphatic carbocycles. The van der Waals surface area contributed by atoms with Crippen molar-refractivity contribution in [2.75, 3.05) is 16.6 Å². The molecule has 0 saturated carbocycles. The minimum atomic E-state index is -5.11. The normalized spacial score (nSPS) is 16.5. The third-order valence-electron chi connectivity index (χ3n) is 7.53. The Hall–Kier alpha value is -4.61. The average molecular weight is 882 g/mol. The van der Waals surface area contributed by atoms with Crippen molar-refractivity contribution >= 4 is 125 Å². The summed E-state index contributed by atoms with van der Waals surface area (Å²) in [7, 11) is -14.7. The van der Waals surface area contributed by atoms with Crippen LogP contribution in [-0.4, -0.2) is 61.9 Å². The molecule has 51 heavy (non-hydrogen) atoms. The van der Waals surface area contributed by atoms with Crippen LogP contribution in [-0.2, 0) is 30.4 Å². The predicted molar refractivity (Wildman–Crippen MR) is 196 cm³/mol. The first-order valence-corrected chi connectivity index (χ1v) is 19.7. The standard InChI is InChI=1S/C30H19Br2N5O11S3/c31-22-12-23(32)26(21-11-17(49(40,41)42)3-6-20(21)22)35-37-28-25(51(46,47)48)10-14-8-16(2-5-19(14)30(28)39)34-36-27-24(50(43,44)45)9-13-7-15(33)1-4-18(13)29(27)38/h1-12,34-35H,33H2,(H,40,41,42)(H,43,44,45)(H,46,47,48). The highest BCUT2D eigenvalue weighted by molar-refractivity contribution is 9.11. The van der Waals surface area contributed by atoms with Gasteiger partial charge in [-0.2, -0.15) is 35.5 Å². The number of allylic oxidation sites excluding steroid dienone is 2. The predicted octanol–water partition coefficient (Wildman–Crippen LogP) is 4.98. The number of benzene rings is 4. The molecule has 6 rings (SSSR count). The minimum absolute atomic E-state index is 0.0315. The van der Waals surface area contributed by atoms with Crippen LogP contribution in [0.3, 0.4) is 0 Å². The van der Waals surface area contributed by atoms with E-state index in [1.54, 1.807) is 6.07 Å². The molecule has 0 bridgehead atoms. The van der Waals surface area contributed by atoms with Crippen molar-refractivity contribution in [1.29, 1.82) is 0 Å². The van der Waals surface area contributed by atoms with Crippen molar-refractivity contribution in [2.24, 2.45) is 10.2 Å². The highest BCUT2D eigenvalue weighted by Crippen LogP contribution is 2.38. The Balaban J connectivity index is 1.39. The lowest BCUT2D eigenvalue weighted by molar-refractivity contribution is 0.105. The first-order chi connectivity index (χ1) is 23.7. The third kappa shape index (κ3) is 7.01. The second-order valence-corrected chi connectivity index (χ2v) is 16.7. The number of nitrogens with one attached hydrogen (secondary N) is 2. The molecule has 0 atom stereocenters. The van der Waals surface area contributed by atoms with Gasteiger partial charge in [0.05, 0.1) is 16.3 Å². The van der Waals surface area contributed by atoms with Crippen LogP contribution in [0, 0.1) is 0 Å². The molecule has 0 fully saturated rings. The Kier molecular flexibility index (Phi) is 9.13. The Morgan fingerprint density at radius 2 is 1.16 bits per heavy atom. The summed E-state index contributed by atoms with van der Waals surface area (Å²) in [6, 6.07) is 13.1. The number of nitrogen functional groups attached to an aromatic ring is 1. The Bertz CT molecular complexity index is 2740. The molecule has 0 radical (unpaired) electrons. The molecular weight excluding hydrogens is 862 g/mol. The second-order valence-electron chi connectivity index (χ2n) is 10.8. The van der Waals surface area contributed by atoms with Crippen LogP contribution in [0.5, 0.6) is 0 Å². The van der Waals surface area contributed by atoms with E-state index in [9.17, 15) is 48.5 Å². The molecule has 0 amide bonds. The van der Waals surface area contributed by atoms with Gasteiger partial charge in [-0.1, -0.05) is 22.0 Å². The fourth-order valence-electron chi connectivity index (χ4n) is 5.20. The first kappa shape index (κ1) is 36.2. The summed E-state index contributed by atoms with van der Waals surface area (Å²) >= 11 is 6.66. The van der Waals surface area contributed by atoms with E-state index in [4.69, 9.17) is 5.73 Å². The Morgan fingerprint density at radius 1 is 0.608 bits per heavy atom. The van der Waals surface area contributed by atoms with Crippen molar-refractivity contribution < 1.29 is 48.5 Å². The quantitative estimate of drug-likeness (QED) is 0.0812. The van der Waals surface area contributed by atoms with Gasteiger partial charge in [0.25, 0.3) is 30.4 Å². The zero-order valence-corrected chi connectivity index (χ0v) is 30.6. The fraction of sp³-hybridized carbons (Fsp3) is 0. The third-order valence-corrected chi connectivity index (χ3v) is 11.4. The maximum atomic E-state index is 13.6. The lowest BCUT2D eigenvalue weighted by Gasteiger charge is -2.18. The molecule has 0 heterocycles. The monoisotopic (exact) mass is 879 g/mol. The fourth-order valence-corrected chi connectivity index (χ4v) is 8.44. The molecule has 21 heteroatoms. The van der Waals surface area contributed by atoms with Crippen molar-refractivity contribution in [3.8, 4) is 0 Å². The molecule has 262 valence electrons. The number of anilines is 3. The molecule has 0 unspecified atom stereocenters. The largest absolute Gasteiger partial charge is 0.399 e. The van der Waals surface area contributed by atoms with Crippen molar-refractivity contribution in [3.63, 3.8) is 0 Å². The Morgan fingerprint density at radius 3 is 1.73 bits per heavy atom. The summed E-state index contributed by atoms with van der Waals surface area (Å²) < 4.78 is 103. The van der Waals surface area contributed by atoms with Gasteiger partial charge in [0, 0.05) is 31.1 Å². The number of Topliss-reactive ketones (excluding diaryl/α,β-unsaturated/α-hetero) is 2. The summed E-state index contributed by atoms with van der Waals surface area (Å²) in [5.74, 6) is -1.82. The maximum Gasteiger partial charge on any atom is 0.296 e. The molecule has 4 aromatic rings. The van der Waals surface area contributed by atoms with Crippen LogP contribution in [0.1, 0.15) is 31.8 Å². The van der Waals surface area contributed by atoms with E-state index in [1.165, 1.54) is 42.5 Å². The summed E-state index contributed by atoms with van der Waals surface area (Å²) in [5, 5.41) is 8.50. The zero-order valence-electron chi connectivity index (χ0n) is 25.0. The molecule has 0 aromatic heterocycles. The van der Waals surface area contributed by atoms with E-state index in [0.29, 0.717) is 9.86 Å². The first-order valence-electron chi connectivity index (χ1n) is 13.8. The summed E-state index contributed by atoms with van der Waals surface area (Å²) in [6.45, 7) is 0. The average Bonchev–Trinajstić information content (AvgIpc) is 3.03. The number of hydrogen-bond acceptors (Lipinski definition) is 13. The zero-order chi connectivity index (χ0) is 37.2. The molecule has 7 N–H and O–H groups in total. The number of carbonyl (C=O) groups is 2. The summed E-state index contributed by atoms with van der Waals surface area (Å²) in [6.07, 6.45) is 1.96. The van der Waals surface area contributed by atoms with Gasteiger partial charge in [-0.3, -0.25) is 34.1 Å². The van der Waals surface area contributed by atoms with E-state index in [1.807, 2.05) is 0 Å². The maximum absolute atomic E-state index is 13.6. The van der Waals surface area contributed by atoms with Crippen molar-refractivity contribution in [1.82, 2.24) is 0 Å². The number of nitrogens with zero attached hydrogens (tertiary/aromatic N) is 2. The van der Waals surface area contributed by atoms with Gasteiger partial charge in [-0.05, 0) is 99.2 Å². The van der Waals surface area contributed by atoms with Gasteiger partial charge >= 0.3 is 0 Å². The van der Waals surface area contributed by atoms with Gasteiger partial charge in [0.1, 0.15) is 9.81 Å². The SMILES string of the molecule is Nc1ccc2c(c1)C=C(S(=O)(=O)O)C(=NNc1ccc3c(c1)C=C(S(=O)(=O)O)C(=NNc1c(Br)cc(Br)c4ccc(S(=O)(=O)O)cc14)C3=O)C2=O. The van der Waals surface area contributed by atoms with Crippen LogP contribution >= 0.6 is 31.9 Å². The van der Waals surface area contributed by atoms with Gasteiger partial charge < -0.3 is 5.73 Å². The van der Waals surface area contributed by atoms with Gasteiger partial charge in [-0.25, -0.2) is 0 Å². The van der Waals surface area contributed by atoms with Crippen LogP contribution in [0.4, 0.5) is 17.1 Å². The molecule has 2 aliphatic rings. The number of ketones is 2. The molecular formula is C30H19Br2N5O11S3. The van der Waals surface area contributed by atoms with E-state index < -0.39 is 68.0 Å². The minimum Gasteiger partial charge on any atom is -0.399 e. The highest BCUT2D eigenvalue weighted by Gasteiger charge is 2.35. The summed E-state index contributed by atoms with van der Waals surface area (Å²) in [4.78, 5) is 24.6. The number of hydrazone groups is 2. The second kappa shape index (κ2) is 12.9. The topological polar surface area (TPSA) is 272 Å². The molecule has 0 spiro atoms. The lowest BCUT2D eigenvalue weighted by atomic mass is 9.94.